The Kier molecular flexibility index (Phi) is 6.22. The summed E-state index contributed by atoms with van der Waals surface area (Å²) in [4.78, 5) is 21.7. The maximum absolute atomic E-state index is 14.0. The Labute approximate surface area is 170 Å². The van der Waals surface area contributed by atoms with Gasteiger partial charge in [0.15, 0.2) is 5.82 Å². The number of nitrogens with one attached hydrogen (secondary N) is 1. The van der Waals surface area contributed by atoms with E-state index in [1.807, 2.05) is 0 Å². The molecule has 29 heavy (non-hydrogen) atoms. The predicted molar refractivity (Wildman–Crippen MR) is 106 cm³/mol. The van der Waals surface area contributed by atoms with Crippen LogP contribution in [-0.4, -0.2) is 22.1 Å². The van der Waals surface area contributed by atoms with Crippen LogP contribution in [0.15, 0.2) is 47.5 Å². The van der Waals surface area contributed by atoms with Crippen molar-refractivity contribution < 1.29 is 18.0 Å². The highest BCUT2D eigenvalue weighted by molar-refractivity contribution is 7.98. The van der Waals surface area contributed by atoms with Gasteiger partial charge in [-0.2, -0.15) is 0 Å². The van der Waals surface area contributed by atoms with Crippen molar-refractivity contribution in [3.05, 3.63) is 76.7 Å². The van der Waals surface area contributed by atoms with Crippen LogP contribution in [0.2, 0.25) is 0 Å². The van der Waals surface area contributed by atoms with E-state index in [4.69, 9.17) is 0 Å². The Morgan fingerprint density at radius 3 is 2.31 bits per heavy atom. The standard InChI is InChI=1S/C21H18F3N3OS/c1-11(16-9-8-15(23)10-17(16)24)26-20(28)18-12(2)25-19(27-21(18)29-3)13-4-6-14(22)7-5-13/h4-11H,1-3H3,(H,26,28). The van der Waals surface area contributed by atoms with Gasteiger partial charge in [0.2, 0.25) is 0 Å². The van der Waals surface area contributed by atoms with Gasteiger partial charge in [0.05, 0.1) is 17.3 Å². The van der Waals surface area contributed by atoms with Crippen LogP contribution in [0.25, 0.3) is 11.4 Å². The van der Waals surface area contributed by atoms with E-state index in [2.05, 4.69) is 15.3 Å². The fourth-order valence-electron chi connectivity index (χ4n) is 2.88. The van der Waals surface area contributed by atoms with Gasteiger partial charge in [-0.1, -0.05) is 6.07 Å². The molecule has 8 heteroatoms. The van der Waals surface area contributed by atoms with E-state index in [-0.39, 0.29) is 16.9 Å². The molecule has 3 rings (SSSR count). The number of aromatic nitrogens is 2. The van der Waals surface area contributed by atoms with Gasteiger partial charge in [0.25, 0.3) is 5.91 Å². The van der Waals surface area contributed by atoms with Gasteiger partial charge in [-0.25, -0.2) is 23.1 Å². The summed E-state index contributed by atoms with van der Waals surface area (Å²) in [5.74, 6) is -1.87. The summed E-state index contributed by atoms with van der Waals surface area (Å²) in [6.07, 6.45) is 1.77. The molecule has 150 valence electrons. The van der Waals surface area contributed by atoms with Crippen molar-refractivity contribution in [2.45, 2.75) is 24.9 Å². The molecule has 0 spiro atoms. The van der Waals surface area contributed by atoms with Crippen molar-refractivity contribution >= 4 is 17.7 Å². The molecule has 0 radical (unpaired) electrons. The Morgan fingerprint density at radius 1 is 1.03 bits per heavy atom. The minimum Gasteiger partial charge on any atom is -0.345 e. The van der Waals surface area contributed by atoms with Crippen LogP contribution in [0.3, 0.4) is 0 Å². The van der Waals surface area contributed by atoms with Crippen LogP contribution in [0.1, 0.15) is 34.6 Å². The number of amides is 1. The summed E-state index contributed by atoms with van der Waals surface area (Å²) in [5, 5.41) is 3.16. The molecular weight excluding hydrogens is 399 g/mol. The molecule has 1 N–H and O–H groups in total. The highest BCUT2D eigenvalue weighted by Crippen LogP contribution is 2.26. The summed E-state index contributed by atoms with van der Waals surface area (Å²) in [7, 11) is 0. The third-order valence-electron chi connectivity index (χ3n) is 4.36. The molecule has 1 atom stereocenters. The lowest BCUT2D eigenvalue weighted by Gasteiger charge is -2.17. The number of carbonyl (C=O) groups is 1. The lowest BCUT2D eigenvalue weighted by atomic mass is 10.1. The highest BCUT2D eigenvalue weighted by atomic mass is 32.2. The number of rotatable bonds is 5. The van der Waals surface area contributed by atoms with Gasteiger partial charge >= 0.3 is 0 Å². The van der Waals surface area contributed by atoms with Gasteiger partial charge in [-0.3, -0.25) is 4.79 Å². The van der Waals surface area contributed by atoms with Crippen LogP contribution in [0.5, 0.6) is 0 Å². The Morgan fingerprint density at radius 2 is 1.69 bits per heavy atom. The fraction of sp³-hybridized carbons (Fsp3) is 0.190. The molecule has 1 aromatic heterocycles. The zero-order chi connectivity index (χ0) is 21.1. The van der Waals surface area contributed by atoms with Gasteiger partial charge in [0.1, 0.15) is 22.5 Å². The van der Waals surface area contributed by atoms with Crippen molar-refractivity contribution in [2.75, 3.05) is 6.26 Å². The first kappa shape index (κ1) is 20.9. The van der Waals surface area contributed by atoms with Gasteiger partial charge in [-0.15, -0.1) is 11.8 Å². The topological polar surface area (TPSA) is 54.9 Å². The Bertz CT molecular complexity index is 1060. The van der Waals surface area contributed by atoms with Crippen LogP contribution in [0, 0.1) is 24.4 Å². The fourth-order valence-corrected chi connectivity index (χ4v) is 3.51. The number of benzene rings is 2. The van der Waals surface area contributed by atoms with E-state index < -0.39 is 23.6 Å². The maximum Gasteiger partial charge on any atom is 0.256 e. The molecule has 0 aliphatic heterocycles. The second-order valence-corrected chi connectivity index (χ2v) is 7.18. The first-order valence-electron chi connectivity index (χ1n) is 8.74. The van der Waals surface area contributed by atoms with Crippen LogP contribution >= 0.6 is 11.8 Å². The first-order valence-corrected chi connectivity index (χ1v) is 9.97. The SMILES string of the molecule is CSc1nc(-c2ccc(F)cc2)nc(C)c1C(=O)NC(C)c1ccc(F)cc1F. The molecule has 1 unspecified atom stereocenters. The number of carbonyl (C=O) groups excluding carboxylic acids is 1. The minimum atomic E-state index is -0.734. The molecule has 0 saturated heterocycles. The lowest BCUT2D eigenvalue weighted by Crippen LogP contribution is -2.29. The third kappa shape index (κ3) is 4.59. The molecule has 0 fully saturated rings. The van der Waals surface area contributed by atoms with Crippen LogP contribution in [-0.2, 0) is 0 Å². The van der Waals surface area contributed by atoms with Crippen molar-refractivity contribution in [2.24, 2.45) is 0 Å². The Balaban J connectivity index is 1.91. The van der Waals surface area contributed by atoms with Crippen molar-refractivity contribution in [3.63, 3.8) is 0 Å². The van der Waals surface area contributed by atoms with Gasteiger partial charge in [-0.05, 0) is 50.4 Å². The van der Waals surface area contributed by atoms with E-state index in [9.17, 15) is 18.0 Å². The number of hydrogen-bond donors (Lipinski definition) is 1. The summed E-state index contributed by atoms with van der Waals surface area (Å²) < 4.78 is 40.3. The van der Waals surface area contributed by atoms with Crippen molar-refractivity contribution in [3.8, 4) is 11.4 Å². The predicted octanol–water partition coefficient (Wildman–Crippen LogP) is 5.08. The van der Waals surface area contributed by atoms with Gasteiger partial charge < -0.3 is 5.32 Å². The number of aryl methyl sites for hydroxylation is 1. The van der Waals surface area contributed by atoms with Gasteiger partial charge in [0, 0.05) is 17.2 Å². The molecule has 0 saturated carbocycles. The van der Waals surface area contributed by atoms with Crippen molar-refractivity contribution in [1.82, 2.24) is 15.3 Å². The first-order chi connectivity index (χ1) is 13.8. The molecule has 0 bridgehead atoms. The largest absolute Gasteiger partial charge is 0.345 e. The summed E-state index contributed by atoms with van der Waals surface area (Å²) >= 11 is 1.27. The highest BCUT2D eigenvalue weighted by Gasteiger charge is 2.22. The number of halogens is 3. The molecule has 2 aromatic carbocycles. The molecule has 4 nitrogen and oxygen atoms in total. The number of thioether (sulfide) groups is 1. The average molecular weight is 417 g/mol. The number of nitrogens with zero attached hydrogens (tertiary/aromatic N) is 2. The summed E-state index contributed by atoms with van der Waals surface area (Å²) in [5.41, 5.74) is 1.51. The second kappa shape index (κ2) is 8.65. The lowest BCUT2D eigenvalue weighted by molar-refractivity contribution is 0.0934. The molecule has 0 aliphatic carbocycles. The molecule has 1 amide bonds. The Hall–Kier alpha value is -2.87. The monoisotopic (exact) mass is 417 g/mol. The van der Waals surface area contributed by atoms with E-state index in [0.717, 1.165) is 12.1 Å². The quantitative estimate of drug-likeness (QED) is 0.465. The normalized spacial score (nSPS) is 11.9. The van der Waals surface area contributed by atoms with Crippen LogP contribution in [0.4, 0.5) is 13.2 Å². The molecule has 3 aromatic rings. The average Bonchev–Trinajstić information content (AvgIpc) is 2.67. The molecule has 0 aliphatic rings. The van der Waals surface area contributed by atoms with E-state index in [1.54, 1.807) is 32.2 Å². The smallest absolute Gasteiger partial charge is 0.256 e. The third-order valence-corrected chi connectivity index (χ3v) is 5.04. The minimum absolute atomic E-state index is 0.173. The van der Waals surface area contributed by atoms with Crippen molar-refractivity contribution in [1.29, 1.82) is 0 Å². The number of hydrogen-bond acceptors (Lipinski definition) is 4. The second-order valence-electron chi connectivity index (χ2n) is 6.38. The van der Waals surface area contributed by atoms with E-state index in [1.165, 1.54) is 30.0 Å². The molecular formula is C21H18F3N3OS. The zero-order valence-corrected chi connectivity index (χ0v) is 16.8. The zero-order valence-electron chi connectivity index (χ0n) is 16.0. The maximum atomic E-state index is 14.0. The van der Waals surface area contributed by atoms with Crippen LogP contribution < -0.4 is 5.32 Å². The van der Waals surface area contributed by atoms with E-state index >= 15 is 0 Å². The summed E-state index contributed by atoms with van der Waals surface area (Å²) in [6.45, 7) is 3.28. The molecule has 1 heterocycles. The summed E-state index contributed by atoms with van der Waals surface area (Å²) in [6, 6.07) is 8.28. The van der Waals surface area contributed by atoms with E-state index in [0.29, 0.717) is 22.1 Å².